The van der Waals surface area contributed by atoms with Gasteiger partial charge in [-0.15, -0.1) is 0 Å². The molecule has 2 saturated heterocycles. The molecule has 4 heterocycles. The average molecular weight is 383 g/mol. The zero-order chi connectivity index (χ0) is 19.5. The van der Waals surface area contributed by atoms with E-state index in [-0.39, 0.29) is 11.5 Å². The summed E-state index contributed by atoms with van der Waals surface area (Å²) in [5.74, 6) is 2.40. The Hall–Kier alpha value is -2.57. The summed E-state index contributed by atoms with van der Waals surface area (Å²) in [7, 11) is 0. The Kier molecular flexibility index (Phi) is 5.50. The first-order chi connectivity index (χ1) is 13.6. The molecule has 4 rings (SSSR count). The van der Waals surface area contributed by atoms with E-state index in [1.807, 2.05) is 19.2 Å². The van der Waals surface area contributed by atoms with E-state index in [1.54, 1.807) is 4.90 Å². The topological polar surface area (TPSA) is 62.2 Å². The summed E-state index contributed by atoms with van der Waals surface area (Å²) in [6, 6.07) is 3.45. The highest BCUT2D eigenvalue weighted by atomic mass is 19.1. The van der Waals surface area contributed by atoms with Crippen molar-refractivity contribution in [3.05, 3.63) is 47.9 Å². The van der Waals surface area contributed by atoms with E-state index in [9.17, 15) is 9.18 Å². The minimum Gasteiger partial charge on any atom is -0.356 e. The monoisotopic (exact) mass is 383 g/mol. The number of halogens is 1. The van der Waals surface area contributed by atoms with Crippen molar-refractivity contribution in [2.75, 3.05) is 31.1 Å². The maximum atomic E-state index is 13.8. The van der Waals surface area contributed by atoms with Gasteiger partial charge in [0.2, 0.25) is 0 Å². The average Bonchev–Trinajstić information content (AvgIpc) is 2.74. The quantitative estimate of drug-likeness (QED) is 0.815. The van der Waals surface area contributed by atoms with Crippen LogP contribution < -0.4 is 4.90 Å². The molecule has 0 saturated carbocycles. The maximum absolute atomic E-state index is 13.8. The summed E-state index contributed by atoms with van der Waals surface area (Å²) < 4.78 is 13.8. The molecule has 148 valence electrons. The van der Waals surface area contributed by atoms with E-state index in [4.69, 9.17) is 0 Å². The Labute approximate surface area is 164 Å². The van der Waals surface area contributed by atoms with Crippen LogP contribution in [-0.4, -0.2) is 51.9 Å². The molecule has 0 aliphatic carbocycles. The molecule has 7 heteroatoms. The Bertz CT molecular complexity index is 829. The summed E-state index contributed by atoms with van der Waals surface area (Å²) >= 11 is 0. The van der Waals surface area contributed by atoms with Crippen LogP contribution in [0.2, 0.25) is 0 Å². The van der Waals surface area contributed by atoms with E-state index in [0.29, 0.717) is 24.9 Å². The van der Waals surface area contributed by atoms with Gasteiger partial charge in [-0.2, -0.15) is 0 Å². The molecule has 0 atom stereocenters. The molecule has 2 fully saturated rings. The molecule has 0 spiro atoms. The zero-order valence-corrected chi connectivity index (χ0v) is 16.2. The van der Waals surface area contributed by atoms with Gasteiger partial charge in [-0.1, -0.05) is 0 Å². The fraction of sp³-hybridized carbons (Fsp3) is 0.524. The fourth-order valence-corrected chi connectivity index (χ4v) is 4.51. The normalized spacial score (nSPS) is 19.1. The molecule has 2 aromatic heterocycles. The van der Waals surface area contributed by atoms with Crippen LogP contribution in [-0.2, 0) is 0 Å². The Morgan fingerprint density at radius 1 is 1.04 bits per heavy atom. The van der Waals surface area contributed by atoms with Crippen LogP contribution >= 0.6 is 0 Å². The van der Waals surface area contributed by atoms with Crippen molar-refractivity contribution in [1.29, 1.82) is 0 Å². The second-order valence-corrected chi connectivity index (χ2v) is 7.77. The number of rotatable bonds is 3. The van der Waals surface area contributed by atoms with E-state index < -0.39 is 5.82 Å². The third kappa shape index (κ3) is 3.98. The fourth-order valence-electron chi connectivity index (χ4n) is 4.51. The Balaban J connectivity index is 1.29. The molecule has 0 unspecified atom stereocenters. The summed E-state index contributed by atoms with van der Waals surface area (Å²) in [6.45, 7) is 5.36. The van der Waals surface area contributed by atoms with Gasteiger partial charge in [0.15, 0.2) is 5.82 Å². The standard InChI is InChI=1S/C21H26FN5O/c1-15-24-9-3-20(25-15)26-10-4-16(5-11-26)17-6-12-27(13-7-17)21(28)18-2-8-23-14-19(18)22/h2-3,8-9,14,16-17H,4-7,10-13H2,1H3. The molecule has 2 aliphatic heterocycles. The van der Waals surface area contributed by atoms with Crippen molar-refractivity contribution in [3.63, 3.8) is 0 Å². The molecule has 0 bridgehead atoms. The Morgan fingerprint density at radius 2 is 1.71 bits per heavy atom. The smallest absolute Gasteiger partial charge is 0.256 e. The van der Waals surface area contributed by atoms with E-state index in [0.717, 1.165) is 56.6 Å². The lowest BCUT2D eigenvalue weighted by Gasteiger charge is -2.40. The molecule has 28 heavy (non-hydrogen) atoms. The van der Waals surface area contributed by atoms with E-state index in [1.165, 1.54) is 12.3 Å². The minimum absolute atomic E-state index is 0.127. The summed E-state index contributed by atoms with van der Waals surface area (Å²) in [4.78, 5) is 29.1. The number of pyridine rings is 1. The minimum atomic E-state index is -0.540. The van der Waals surface area contributed by atoms with Crippen LogP contribution in [0.3, 0.4) is 0 Å². The number of carbonyl (C=O) groups excluding carboxylic acids is 1. The summed E-state index contributed by atoms with van der Waals surface area (Å²) in [6.07, 6.45) is 8.69. The molecular weight excluding hydrogens is 357 g/mol. The number of aromatic nitrogens is 3. The van der Waals surface area contributed by atoms with Gasteiger partial charge in [0.25, 0.3) is 5.91 Å². The van der Waals surface area contributed by atoms with Crippen molar-refractivity contribution in [1.82, 2.24) is 19.9 Å². The lowest BCUT2D eigenvalue weighted by molar-refractivity contribution is 0.0641. The van der Waals surface area contributed by atoms with Gasteiger partial charge in [-0.3, -0.25) is 9.78 Å². The number of likely N-dealkylation sites (tertiary alicyclic amines) is 1. The highest BCUT2D eigenvalue weighted by Crippen LogP contribution is 2.33. The second-order valence-electron chi connectivity index (χ2n) is 7.77. The second kappa shape index (κ2) is 8.20. The molecule has 0 N–H and O–H groups in total. The van der Waals surface area contributed by atoms with Gasteiger partial charge in [-0.25, -0.2) is 14.4 Å². The molecule has 0 aromatic carbocycles. The number of hydrogen-bond acceptors (Lipinski definition) is 5. The number of nitrogens with zero attached hydrogens (tertiary/aromatic N) is 5. The van der Waals surface area contributed by atoms with Crippen molar-refractivity contribution in [2.24, 2.45) is 11.8 Å². The number of amides is 1. The van der Waals surface area contributed by atoms with E-state index >= 15 is 0 Å². The molecule has 2 aromatic rings. The highest BCUT2D eigenvalue weighted by molar-refractivity contribution is 5.94. The van der Waals surface area contributed by atoms with Crippen LogP contribution in [0, 0.1) is 24.6 Å². The highest BCUT2D eigenvalue weighted by Gasteiger charge is 2.32. The predicted molar refractivity (Wildman–Crippen MR) is 105 cm³/mol. The van der Waals surface area contributed by atoms with Crippen LogP contribution in [0.25, 0.3) is 0 Å². The van der Waals surface area contributed by atoms with Crippen LogP contribution in [0.4, 0.5) is 10.2 Å². The maximum Gasteiger partial charge on any atom is 0.256 e. The van der Waals surface area contributed by atoms with E-state index in [2.05, 4.69) is 19.9 Å². The molecule has 0 radical (unpaired) electrons. The van der Waals surface area contributed by atoms with Gasteiger partial charge in [0, 0.05) is 38.6 Å². The van der Waals surface area contributed by atoms with Crippen LogP contribution in [0.1, 0.15) is 41.9 Å². The van der Waals surface area contributed by atoms with Gasteiger partial charge in [0.05, 0.1) is 11.8 Å². The lowest BCUT2D eigenvalue weighted by atomic mass is 9.78. The third-order valence-corrected chi connectivity index (χ3v) is 6.12. The zero-order valence-electron chi connectivity index (χ0n) is 16.2. The lowest BCUT2D eigenvalue weighted by Crippen LogP contribution is -2.43. The number of carbonyl (C=O) groups is 1. The van der Waals surface area contributed by atoms with Gasteiger partial charge in [0.1, 0.15) is 11.6 Å². The molecule has 6 nitrogen and oxygen atoms in total. The number of anilines is 1. The van der Waals surface area contributed by atoms with Crippen molar-refractivity contribution in [3.8, 4) is 0 Å². The Morgan fingerprint density at radius 3 is 2.36 bits per heavy atom. The number of piperidine rings is 2. The van der Waals surface area contributed by atoms with Gasteiger partial charge in [-0.05, 0) is 56.6 Å². The van der Waals surface area contributed by atoms with Gasteiger partial charge < -0.3 is 9.80 Å². The molecule has 2 aliphatic rings. The van der Waals surface area contributed by atoms with Crippen molar-refractivity contribution in [2.45, 2.75) is 32.6 Å². The summed E-state index contributed by atoms with van der Waals surface area (Å²) in [5.41, 5.74) is 0.127. The van der Waals surface area contributed by atoms with Crippen LogP contribution in [0.5, 0.6) is 0 Å². The largest absolute Gasteiger partial charge is 0.356 e. The predicted octanol–water partition coefficient (Wildman–Crippen LogP) is 3.09. The number of hydrogen-bond donors (Lipinski definition) is 0. The van der Waals surface area contributed by atoms with Crippen LogP contribution in [0.15, 0.2) is 30.7 Å². The number of aryl methyl sites for hydroxylation is 1. The molecule has 1 amide bonds. The SMILES string of the molecule is Cc1nccc(N2CCC(C3CCN(C(=O)c4ccncc4F)CC3)CC2)n1. The van der Waals surface area contributed by atoms with Crippen molar-refractivity contribution < 1.29 is 9.18 Å². The third-order valence-electron chi connectivity index (χ3n) is 6.12. The van der Waals surface area contributed by atoms with Gasteiger partial charge >= 0.3 is 0 Å². The first-order valence-corrected chi connectivity index (χ1v) is 10.0. The van der Waals surface area contributed by atoms with Crippen molar-refractivity contribution >= 4 is 11.7 Å². The molecular formula is C21H26FN5O. The summed E-state index contributed by atoms with van der Waals surface area (Å²) in [5, 5.41) is 0. The first-order valence-electron chi connectivity index (χ1n) is 10.0. The first kappa shape index (κ1) is 18.8.